The van der Waals surface area contributed by atoms with Crippen LogP contribution in [0.2, 0.25) is 0 Å². The minimum atomic E-state index is -1.27. The van der Waals surface area contributed by atoms with E-state index in [9.17, 15) is 4.79 Å². The monoisotopic (exact) mass is 516 g/mol. The van der Waals surface area contributed by atoms with Crippen LogP contribution in [0.1, 0.15) is 22.3 Å². The number of carbonyl (C=O) groups excluding carboxylic acids is 1. The van der Waals surface area contributed by atoms with Crippen molar-refractivity contribution in [3.8, 4) is 0 Å². The van der Waals surface area contributed by atoms with Crippen molar-refractivity contribution in [2.75, 3.05) is 0 Å². The van der Waals surface area contributed by atoms with Crippen LogP contribution in [0, 0.1) is 0 Å². The highest BCUT2D eigenvalue weighted by Crippen LogP contribution is 2.55. The van der Waals surface area contributed by atoms with Crippen molar-refractivity contribution in [2.24, 2.45) is 0 Å². The Morgan fingerprint density at radius 1 is 0.600 bits per heavy atom. The molecule has 35 heavy (non-hydrogen) atoms. The molecule has 1 aliphatic carbocycles. The number of halogens is 1. The number of carbonyl (C=O) groups is 1. The Labute approximate surface area is 213 Å². The Balaban J connectivity index is 1.70. The number of ketones is 1. The van der Waals surface area contributed by atoms with Gasteiger partial charge in [-0.2, -0.15) is 0 Å². The Kier molecular flexibility index (Phi) is 5.35. The van der Waals surface area contributed by atoms with Crippen LogP contribution in [0.5, 0.6) is 0 Å². The molecule has 0 N–H and O–H groups in total. The molecular weight excluding hydrogens is 496 g/mol. The van der Waals surface area contributed by atoms with E-state index in [1.807, 2.05) is 103 Å². The van der Waals surface area contributed by atoms with Crippen LogP contribution in [-0.2, 0) is 15.1 Å². The molecule has 0 saturated heterocycles. The number of hydrogen-bond acceptors (Lipinski definition) is 2. The van der Waals surface area contributed by atoms with Gasteiger partial charge in [0.15, 0.2) is 0 Å². The van der Waals surface area contributed by atoms with Crippen molar-refractivity contribution in [2.45, 2.75) is 5.60 Å². The third-order valence-electron chi connectivity index (χ3n) is 6.53. The number of benzene rings is 4. The highest BCUT2D eigenvalue weighted by Gasteiger charge is 2.54. The molecule has 1 heterocycles. The van der Waals surface area contributed by atoms with Crippen LogP contribution in [0.4, 0.5) is 0 Å². The van der Waals surface area contributed by atoms with Crippen molar-refractivity contribution >= 4 is 38.6 Å². The summed E-state index contributed by atoms with van der Waals surface area (Å²) in [5.74, 6) is 0.598. The lowest BCUT2D eigenvalue weighted by molar-refractivity contribution is -0.128. The average Bonchev–Trinajstić information content (AvgIpc) is 3.23. The van der Waals surface area contributed by atoms with Crippen LogP contribution in [0.25, 0.3) is 16.9 Å². The Morgan fingerprint density at radius 3 is 1.80 bits per heavy atom. The molecule has 2 nitrogen and oxygen atoms in total. The fraction of sp³-hybridized carbons (Fsp3) is 0.0312. The van der Waals surface area contributed by atoms with E-state index in [4.69, 9.17) is 4.74 Å². The Morgan fingerprint density at radius 2 is 1.17 bits per heavy atom. The largest absolute Gasteiger partial charge is 0.469 e. The summed E-state index contributed by atoms with van der Waals surface area (Å²) in [4.78, 5) is 14.1. The van der Waals surface area contributed by atoms with E-state index in [1.54, 1.807) is 6.08 Å². The van der Waals surface area contributed by atoms with Crippen molar-refractivity contribution in [3.63, 3.8) is 0 Å². The molecule has 0 bridgehead atoms. The van der Waals surface area contributed by atoms with E-state index in [-0.39, 0.29) is 5.78 Å². The molecule has 0 fully saturated rings. The van der Waals surface area contributed by atoms with Crippen LogP contribution in [0.15, 0.2) is 137 Å². The third-order valence-corrected chi connectivity index (χ3v) is 7.06. The maximum Gasteiger partial charge on any atom is 0.222 e. The maximum atomic E-state index is 14.1. The molecule has 0 radical (unpaired) electrons. The van der Waals surface area contributed by atoms with Gasteiger partial charge >= 0.3 is 0 Å². The first kappa shape index (κ1) is 21.6. The van der Waals surface area contributed by atoms with Gasteiger partial charge < -0.3 is 4.74 Å². The predicted molar refractivity (Wildman–Crippen MR) is 144 cm³/mol. The summed E-state index contributed by atoms with van der Waals surface area (Å²) < 4.78 is 7.80. The molecule has 0 aromatic heterocycles. The standard InChI is InChI=1S/C32H21BrO2/c33-26-18-16-23(17-19-26)27-20-29(24-12-6-2-7-13-24)35-32(25-14-8-3-9-15-25)30(34)21-28(31(27)32)22-10-4-1-5-11-22/h1-21H/t32-/m1/s1. The second-order valence-electron chi connectivity index (χ2n) is 8.61. The number of ether oxygens (including phenoxy) is 1. The van der Waals surface area contributed by atoms with E-state index >= 15 is 0 Å². The minimum Gasteiger partial charge on any atom is -0.469 e. The van der Waals surface area contributed by atoms with Gasteiger partial charge in [-0.15, -0.1) is 0 Å². The normalized spacial score (nSPS) is 19.1. The Hall–Kier alpha value is -3.95. The predicted octanol–water partition coefficient (Wildman–Crippen LogP) is 7.84. The lowest BCUT2D eigenvalue weighted by atomic mass is 9.77. The van der Waals surface area contributed by atoms with E-state index in [0.29, 0.717) is 5.76 Å². The molecule has 1 atom stereocenters. The molecule has 6 rings (SSSR count). The molecule has 1 aliphatic heterocycles. The Bertz CT molecular complexity index is 1500. The smallest absolute Gasteiger partial charge is 0.222 e. The first-order chi connectivity index (χ1) is 17.2. The van der Waals surface area contributed by atoms with Gasteiger partial charge in [0, 0.05) is 21.2 Å². The number of allylic oxidation sites excluding steroid dienone is 2. The van der Waals surface area contributed by atoms with E-state index < -0.39 is 5.60 Å². The fourth-order valence-electron chi connectivity index (χ4n) is 4.92. The highest BCUT2D eigenvalue weighted by atomic mass is 79.9. The van der Waals surface area contributed by atoms with Crippen molar-refractivity contribution in [1.82, 2.24) is 0 Å². The molecular formula is C32H21BrO2. The summed E-state index contributed by atoms with van der Waals surface area (Å²) in [7, 11) is 0. The van der Waals surface area contributed by atoms with Gasteiger partial charge in [-0.3, -0.25) is 4.79 Å². The first-order valence-electron chi connectivity index (χ1n) is 11.5. The van der Waals surface area contributed by atoms with Gasteiger partial charge in [0.2, 0.25) is 11.4 Å². The van der Waals surface area contributed by atoms with Crippen molar-refractivity contribution in [1.29, 1.82) is 0 Å². The van der Waals surface area contributed by atoms with Gasteiger partial charge in [0.05, 0.1) is 0 Å². The molecule has 4 aromatic carbocycles. The molecule has 168 valence electrons. The highest BCUT2D eigenvalue weighted by molar-refractivity contribution is 9.10. The lowest BCUT2D eigenvalue weighted by Crippen LogP contribution is -2.38. The quantitative estimate of drug-likeness (QED) is 0.276. The summed E-state index contributed by atoms with van der Waals surface area (Å²) in [6.45, 7) is 0. The lowest BCUT2D eigenvalue weighted by Gasteiger charge is -2.37. The maximum absolute atomic E-state index is 14.1. The molecule has 0 unspecified atom stereocenters. The zero-order valence-electron chi connectivity index (χ0n) is 18.8. The molecule has 0 saturated carbocycles. The van der Waals surface area contributed by atoms with E-state index in [2.05, 4.69) is 34.1 Å². The summed E-state index contributed by atoms with van der Waals surface area (Å²) in [5, 5.41) is 0. The molecule has 0 spiro atoms. The average molecular weight is 517 g/mol. The number of fused-ring (bicyclic) bond motifs is 1. The fourth-order valence-corrected chi connectivity index (χ4v) is 5.18. The van der Waals surface area contributed by atoms with Gasteiger partial charge in [0.25, 0.3) is 0 Å². The zero-order chi connectivity index (χ0) is 23.8. The molecule has 2 aliphatic rings. The van der Waals surface area contributed by atoms with E-state index in [1.165, 1.54) is 0 Å². The topological polar surface area (TPSA) is 26.3 Å². The van der Waals surface area contributed by atoms with Crippen molar-refractivity contribution < 1.29 is 9.53 Å². The number of rotatable bonds is 4. The second kappa shape index (κ2) is 8.68. The van der Waals surface area contributed by atoms with Crippen LogP contribution < -0.4 is 0 Å². The second-order valence-corrected chi connectivity index (χ2v) is 9.52. The van der Waals surface area contributed by atoms with Gasteiger partial charge in [0.1, 0.15) is 5.76 Å². The molecule has 4 aromatic rings. The third kappa shape index (κ3) is 3.60. The summed E-state index contributed by atoms with van der Waals surface area (Å²) >= 11 is 3.56. The minimum absolute atomic E-state index is 0.0753. The van der Waals surface area contributed by atoms with Crippen LogP contribution in [-0.4, -0.2) is 5.78 Å². The SMILES string of the molecule is O=C1C=C(c2ccccc2)C2=C(c3ccc(Br)cc3)C=C(c3ccccc3)O[C@]12c1ccccc1. The number of hydrogen-bond donors (Lipinski definition) is 0. The summed E-state index contributed by atoms with van der Waals surface area (Å²) in [5.41, 5.74) is 5.24. The summed E-state index contributed by atoms with van der Waals surface area (Å²) in [6.07, 6.45) is 3.82. The van der Waals surface area contributed by atoms with Gasteiger partial charge in [-0.1, -0.05) is 119 Å². The van der Waals surface area contributed by atoms with Crippen molar-refractivity contribution in [3.05, 3.63) is 160 Å². The first-order valence-corrected chi connectivity index (χ1v) is 12.3. The van der Waals surface area contributed by atoms with Crippen LogP contribution in [0.3, 0.4) is 0 Å². The van der Waals surface area contributed by atoms with Crippen LogP contribution >= 0.6 is 15.9 Å². The molecule has 3 heteroatoms. The summed E-state index contributed by atoms with van der Waals surface area (Å²) in [6, 6.07) is 38.1. The molecule has 0 amide bonds. The zero-order valence-corrected chi connectivity index (χ0v) is 20.4. The van der Waals surface area contributed by atoms with Gasteiger partial charge in [-0.05, 0) is 46.6 Å². The van der Waals surface area contributed by atoms with E-state index in [0.717, 1.165) is 43.4 Å². The van der Waals surface area contributed by atoms with Gasteiger partial charge in [-0.25, -0.2) is 0 Å².